The quantitative estimate of drug-likeness (QED) is 0.244. The van der Waals surface area contributed by atoms with Crippen molar-refractivity contribution in [3.8, 4) is 0 Å². The number of hydrogen-bond acceptors (Lipinski definition) is 2. The average Bonchev–Trinajstić information content (AvgIpc) is 2.35. The molecule has 84 valence electrons. The number of rotatable bonds is 0. The largest absolute Gasteiger partial charge is 1.00 e. The first-order valence-corrected chi connectivity index (χ1v) is 5.33. The van der Waals surface area contributed by atoms with Gasteiger partial charge in [0.25, 0.3) is 0 Å². The fourth-order valence-corrected chi connectivity index (χ4v) is 0.544. The van der Waals surface area contributed by atoms with Gasteiger partial charge >= 0.3 is 59.2 Å². The summed E-state index contributed by atoms with van der Waals surface area (Å²) in [5.74, 6) is 0.984. The number of nitrogens with zero attached hydrogens (tertiary/aromatic N) is 1. The number of aryl methyl sites for hydroxylation is 2. The Kier molecular flexibility index (Phi) is 16.2. The van der Waals surface area contributed by atoms with Crippen LogP contribution in [-0.4, -0.2) is 24.6 Å². The molecule has 0 aliphatic carbocycles. The molecule has 0 amide bonds. The molecular formula is C7H16KN2O4P. The zero-order chi connectivity index (χ0) is 11.8. The molecule has 0 saturated carbocycles. The van der Waals surface area contributed by atoms with Crippen LogP contribution in [0.3, 0.4) is 0 Å². The van der Waals surface area contributed by atoms with E-state index in [9.17, 15) is 0 Å². The van der Waals surface area contributed by atoms with Crippen molar-refractivity contribution in [2.24, 2.45) is 0 Å². The van der Waals surface area contributed by atoms with Gasteiger partial charge in [-0.1, -0.05) is 0 Å². The molecule has 4 N–H and O–H groups in total. The van der Waals surface area contributed by atoms with Crippen molar-refractivity contribution in [2.45, 2.75) is 20.8 Å². The molecule has 0 radical (unpaired) electrons. The topological polar surface area (TPSA) is 106 Å². The predicted molar refractivity (Wildman–Crippen MR) is 53.4 cm³/mol. The smallest absolute Gasteiger partial charge is 0.346 e. The summed E-state index contributed by atoms with van der Waals surface area (Å²) in [7, 11) is -4.64. The van der Waals surface area contributed by atoms with Gasteiger partial charge in [0.15, 0.2) is 0 Å². The summed E-state index contributed by atoms with van der Waals surface area (Å²) in [6, 6.07) is 0. The number of phosphoric acid groups is 1. The van der Waals surface area contributed by atoms with Crippen LogP contribution in [0, 0.1) is 20.8 Å². The summed E-state index contributed by atoms with van der Waals surface area (Å²) in [4.78, 5) is 28.6. The first-order chi connectivity index (χ1) is 6.29. The van der Waals surface area contributed by atoms with Gasteiger partial charge in [-0.15, -0.1) is 0 Å². The minimum atomic E-state index is -4.64. The van der Waals surface area contributed by atoms with Crippen LogP contribution in [0.5, 0.6) is 0 Å². The maximum atomic E-state index is 8.88. The van der Waals surface area contributed by atoms with E-state index >= 15 is 0 Å². The third-order valence-electron chi connectivity index (χ3n) is 0.830. The van der Waals surface area contributed by atoms with Crippen LogP contribution in [-0.2, 0) is 4.57 Å². The van der Waals surface area contributed by atoms with E-state index in [2.05, 4.69) is 16.9 Å². The van der Waals surface area contributed by atoms with Crippen molar-refractivity contribution >= 4 is 7.82 Å². The third kappa shape index (κ3) is 25.3. The van der Waals surface area contributed by atoms with Crippen LogP contribution in [0.25, 0.3) is 0 Å². The Hall–Kier alpha value is 0.956. The Morgan fingerprint density at radius 3 is 1.73 bits per heavy atom. The molecule has 0 aliphatic rings. The molecule has 6 nitrogen and oxygen atoms in total. The Balaban J connectivity index is -0.000000162. The molecule has 15 heavy (non-hydrogen) atoms. The van der Waals surface area contributed by atoms with Crippen LogP contribution < -0.4 is 51.4 Å². The van der Waals surface area contributed by atoms with Crippen molar-refractivity contribution in [1.82, 2.24) is 9.97 Å². The van der Waals surface area contributed by atoms with Gasteiger partial charge in [-0.25, -0.2) is 9.55 Å². The van der Waals surface area contributed by atoms with E-state index in [1.807, 2.05) is 20.0 Å². The average molecular weight is 262 g/mol. The van der Waals surface area contributed by atoms with E-state index < -0.39 is 7.82 Å². The minimum Gasteiger partial charge on any atom is -0.346 e. The molecule has 0 aromatic carbocycles. The number of H-pyrrole nitrogens is 1. The Labute approximate surface area is 132 Å². The van der Waals surface area contributed by atoms with Crippen molar-refractivity contribution in [1.29, 1.82) is 0 Å². The van der Waals surface area contributed by atoms with Crippen LogP contribution in [0.1, 0.15) is 18.4 Å². The van der Waals surface area contributed by atoms with Crippen LogP contribution >= 0.6 is 7.82 Å². The minimum absolute atomic E-state index is 0. The summed E-state index contributed by atoms with van der Waals surface area (Å²) >= 11 is 0. The fraction of sp³-hybridized carbons (Fsp3) is 0.429. The Bertz CT molecular complexity index is 262. The first-order valence-electron chi connectivity index (χ1n) is 3.76. The van der Waals surface area contributed by atoms with Crippen LogP contribution in [0.2, 0.25) is 0 Å². The van der Waals surface area contributed by atoms with Gasteiger partial charge in [-0.05, 0) is 13.8 Å². The van der Waals surface area contributed by atoms with E-state index in [1.165, 1.54) is 0 Å². The molecule has 1 rings (SSSR count). The van der Waals surface area contributed by atoms with E-state index in [1.54, 1.807) is 6.92 Å². The summed E-state index contributed by atoms with van der Waals surface area (Å²) < 4.78 is 8.88. The monoisotopic (exact) mass is 262 g/mol. The Morgan fingerprint density at radius 1 is 1.33 bits per heavy atom. The first kappa shape index (κ1) is 21.3. The standard InChI is InChI=1S/C5H8N2.C2H5.K.H3O4P/c1-4-3-6-5(2)7-4;1-2;;1-5(2,3)4/h3H,1-2H3,(H,6,7);1H2,2H3;;(H3,1,2,3,4)/q;-1;+1;. The van der Waals surface area contributed by atoms with Crippen molar-refractivity contribution in [3.05, 3.63) is 24.6 Å². The molecule has 1 aromatic rings. The number of aromatic amines is 1. The van der Waals surface area contributed by atoms with E-state index in [4.69, 9.17) is 19.2 Å². The molecule has 0 fully saturated rings. The summed E-state index contributed by atoms with van der Waals surface area (Å²) in [5.41, 5.74) is 1.12. The van der Waals surface area contributed by atoms with Gasteiger partial charge in [0.2, 0.25) is 0 Å². The molecule has 0 saturated heterocycles. The van der Waals surface area contributed by atoms with Gasteiger partial charge in [0, 0.05) is 11.9 Å². The van der Waals surface area contributed by atoms with Crippen LogP contribution in [0.4, 0.5) is 0 Å². The second-order valence-corrected chi connectivity index (χ2v) is 3.19. The second-order valence-electron chi connectivity index (χ2n) is 2.16. The van der Waals surface area contributed by atoms with Crippen molar-refractivity contribution in [2.75, 3.05) is 0 Å². The molecule has 1 heterocycles. The zero-order valence-electron chi connectivity index (χ0n) is 9.43. The van der Waals surface area contributed by atoms with Crippen molar-refractivity contribution < 1.29 is 70.6 Å². The molecule has 1 aromatic heterocycles. The molecule has 0 aliphatic heterocycles. The number of aromatic nitrogens is 2. The number of nitrogens with one attached hydrogen (secondary N) is 1. The molecule has 0 bridgehead atoms. The van der Waals surface area contributed by atoms with E-state index in [0.29, 0.717) is 0 Å². The number of imidazole rings is 1. The molecule has 0 spiro atoms. The van der Waals surface area contributed by atoms with Gasteiger partial charge in [0.1, 0.15) is 5.82 Å². The Morgan fingerprint density at radius 2 is 1.67 bits per heavy atom. The van der Waals surface area contributed by atoms with Gasteiger partial charge < -0.3 is 26.6 Å². The van der Waals surface area contributed by atoms with Gasteiger partial charge in [0.05, 0.1) is 0 Å². The molecule has 0 unspecified atom stereocenters. The van der Waals surface area contributed by atoms with E-state index in [0.717, 1.165) is 11.5 Å². The SMILES string of the molecule is Cc1cnc(C)[nH]1.O=P(O)(O)O.[CH2-]C.[K+]. The predicted octanol–water partition coefficient (Wildman–Crippen LogP) is -2.06. The third-order valence-corrected chi connectivity index (χ3v) is 0.830. The van der Waals surface area contributed by atoms with Gasteiger partial charge in [-0.3, -0.25) is 0 Å². The molecule has 0 atom stereocenters. The summed E-state index contributed by atoms with van der Waals surface area (Å²) in [5, 5.41) is 0. The molecule has 8 heteroatoms. The summed E-state index contributed by atoms with van der Waals surface area (Å²) in [6.07, 6.45) is 1.81. The normalized spacial score (nSPS) is 8.73. The zero-order valence-corrected chi connectivity index (χ0v) is 13.4. The molecular weight excluding hydrogens is 246 g/mol. The van der Waals surface area contributed by atoms with Crippen LogP contribution in [0.15, 0.2) is 6.20 Å². The van der Waals surface area contributed by atoms with Gasteiger partial charge in [-0.2, -0.15) is 6.92 Å². The maximum absolute atomic E-state index is 8.88. The maximum Gasteiger partial charge on any atom is 1.00 e. The van der Waals surface area contributed by atoms with E-state index in [-0.39, 0.29) is 51.4 Å². The fourth-order valence-electron chi connectivity index (χ4n) is 0.544. The summed E-state index contributed by atoms with van der Waals surface area (Å²) in [6.45, 7) is 8.92. The second kappa shape index (κ2) is 11.4. The number of hydrogen-bond donors (Lipinski definition) is 4. The van der Waals surface area contributed by atoms with Crippen molar-refractivity contribution in [3.63, 3.8) is 0 Å².